The Morgan fingerprint density at radius 1 is 1.24 bits per heavy atom. The number of benzene rings is 1. The van der Waals surface area contributed by atoms with Gasteiger partial charge >= 0.3 is 6.03 Å². The number of aliphatic hydroxyl groups excluding tert-OH is 1. The van der Waals surface area contributed by atoms with E-state index < -0.39 is 6.10 Å². The smallest absolute Gasteiger partial charge is 0.317 e. The van der Waals surface area contributed by atoms with E-state index in [0.29, 0.717) is 19.2 Å². The van der Waals surface area contributed by atoms with E-state index in [2.05, 4.69) is 29.3 Å². The number of hydrogen-bond donors (Lipinski definition) is 2. The van der Waals surface area contributed by atoms with E-state index in [1.807, 2.05) is 17.0 Å². The molecule has 2 amide bonds. The number of amides is 2. The second-order valence-corrected chi connectivity index (χ2v) is 6.92. The topological polar surface area (TPSA) is 65.0 Å². The molecule has 25 heavy (non-hydrogen) atoms. The number of piperidine rings is 1. The average Bonchev–Trinajstić information content (AvgIpc) is 3.07. The Labute approximate surface area is 149 Å². The Bertz CT molecular complexity index is 556. The van der Waals surface area contributed by atoms with Gasteiger partial charge in [0.2, 0.25) is 0 Å². The Hall–Kier alpha value is -1.79. The number of carbonyl (C=O) groups excluding carboxylic acids is 1. The molecule has 2 heterocycles. The van der Waals surface area contributed by atoms with Gasteiger partial charge in [0.1, 0.15) is 18.5 Å². The number of likely N-dealkylation sites (tertiary alicyclic amines) is 1. The number of carbonyl (C=O) groups is 1. The van der Waals surface area contributed by atoms with Gasteiger partial charge in [0.15, 0.2) is 0 Å². The van der Waals surface area contributed by atoms with Crippen LogP contribution in [-0.2, 0) is 6.42 Å². The van der Waals surface area contributed by atoms with Gasteiger partial charge in [-0.1, -0.05) is 19.1 Å². The molecule has 1 aromatic carbocycles. The first kappa shape index (κ1) is 18.0. The number of aryl methyl sites for hydroxylation is 1. The van der Waals surface area contributed by atoms with Gasteiger partial charge in [-0.2, -0.15) is 0 Å². The molecule has 6 heteroatoms. The van der Waals surface area contributed by atoms with Crippen LogP contribution < -0.4 is 10.1 Å². The van der Waals surface area contributed by atoms with Crippen LogP contribution in [0.5, 0.6) is 5.75 Å². The maximum absolute atomic E-state index is 11.7. The minimum Gasteiger partial charge on any atom is -0.491 e. The summed E-state index contributed by atoms with van der Waals surface area (Å²) in [6.07, 6.45) is 2.45. The van der Waals surface area contributed by atoms with Gasteiger partial charge in [0.05, 0.1) is 0 Å². The number of rotatable bonds is 7. The lowest BCUT2D eigenvalue weighted by Crippen LogP contribution is -2.48. The lowest BCUT2D eigenvalue weighted by atomic mass is 10.0. The number of ether oxygens (including phenoxy) is 1. The molecule has 2 N–H and O–H groups in total. The van der Waals surface area contributed by atoms with E-state index in [-0.39, 0.29) is 6.03 Å². The van der Waals surface area contributed by atoms with Crippen LogP contribution in [0.4, 0.5) is 4.79 Å². The molecule has 3 rings (SSSR count). The fourth-order valence-corrected chi connectivity index (χ4v) is 3.61. The van der Waals surface area contributed by atoms with E-state index in [1.54, 1.807) is 0 Å². The molecule has 6 nitrogen and oxygen atoms in total. The molecule has 138 valence electrons. The molecule has 1 aromatic rings. The van der Waals surface area contributed by atoms with E-state index in [9.17, 15) is 9.90 Å². The van der Waals surface area contributed by atoms with Gasteiger partial charge in [0.25, 0.3) is 0 Å². The van der Waals surface area contributed by atoms with E-state index in [0.717, 1.165) is 51.2 Å². The van der Waals surface area contributed by atoms with Gasteiger partial charge in [0, 0.05) is 38.8 Å². The van der Waals surface area contributed by atoms with Gasteiger partial charge in [-0.3, -0.25) is 0 Å². The van der Waals surface area contributed by atoms with Crippen molar-refractivity contribution in [2.24, 2.45) is 0 Å². The quantitative estimate of drug-likeness (QED) is 0.784. The lowest BCUT2D eigenvalue weighted by Gasteiger charge is -2.36. The van der Waals surface area contributed by atoms with Crippen LogP contribution in [0.2, 0.25) is 0 Å². The highest BCUT2D eigenvalue weighted by atomic mass is 16.5. The molecule has 2 saturated heterocycles. The SMILES string of the molecule is CCc1ccc(OCC(O)CN2CCC(N3CCNC3=O)CC2)cc1. The first-order valence-corrected chi connectivity index (χ1v) is 9.32. The molecule has 0 radical (unpaired) electrons. The van der Waals surface area contributed by atoms with Crippen LogP contribution in [0.25, 0.3) is 0 Å². The molecule has 1 unspecified atom stereocenters. The standard InChI is InChI=1S/C19H29N3O3/c1-2-15-3-5-18(6-4-15)25-14-17(23)13-21-10-7-16(8-11-21)22-12-9-20-19(22)24/h3-6,16-17,23H,2,7-14H2,1H3,(H,20,24). The third-order valence-electron chi connectivity index (χ3n) is 5.13. The van der Waals surface area contributed by atoms with Crippen molar-refractivity contribution < 1.29 is 14.6 Å². The number of urea groups is 1. The summed E-state index contributed by atoms with van der Waals surface area (Å²) in [4.78, 5) is 16.0. The van der Waals surface area contributed by atoms with Crippen LogP contribution in [0.15, 0.2) is 24.3 Å². The summed E-state index contributed by atoms with van der Waals surface area (Å²) >= 11 is 0. The predicted octanol–water partition coefficient (Wildman–Crippen LogP) is 1.48. The zero-order chi connectivity index (χ0) is 17.6. The minimum atomic E-state index is -0.502. The highest BCUT2D eigenvalue weighted by molar-refractivity contribution is 5.76. The molecule has 2 aliphatic rings. The van der Waals surface area contributed by atoms with E-state index in [1.165, 1.54) is 5.56 Å². The summed E-state index contributed by atoms with van der Waals surface area (Å²) in [5, 5.41) is 13.1. The van der Waals surface area contributed by atoms with Crippen molar-refractivity contribution in [3.63, 3.8) is 0 Å². The molecule has 1 atom stereocenters. The zero-order valence-electron chi connectivity index (χ0n) is 15.0. The van der Waals surface area contributed by atoms with Crippen LogP contribution in [0, 0.1) is 0 Å². The fraction of sp³-hybridized carbons (Fsp3) is 0.632. The third kappa shape index (κ3) is 4.86. The summed E-state index contributed by atoms with van der Waals surface area (Å²) in [5.74, 6) is 0.801. The second kappa shape index (κ2) is 8.54. The molecule has 2 fully saturated rings. The second-order valence-electron chi connectivity index (χ2n) is 6.92. The van der Waals surface area contributed by atoms with Crippen molar-refractivity contribution >= 4 is 6.03 Å². The number of nitrogens with one attached hydrogen (secondary N) is 1. The Balaban J connectivity index is 1.37. The van der Waals surface area contributed by atoms with Crippen molar-refractivity contribution in [2.45, 2.75) is 38.3 Å². The molecule has 0 bridgehead atoms. The Morgan fingerprint density at radius 3 is 2.56 bits per heavy atom. The molecular formula is C19H29N3O3. The fourth-order valence-electron chi connectivity index (χ4n) is 3.61. The van der Waals surface area contributed by atoms with Gasteiger partial charge in [-0.15, -0.1) is 0 Å². The highest BCUT2D eigenvalue weighted by Crippen LogP contribution is 2.19. The molecule has 0 saturated carbocycles. The lowest BCUT2D eigenvalue weighted by molar-refractivity contribution is 0.0508. The van der Waals surface area contributed by atoms with Crippen molar-refractivity contribution in [1.82, 2.24) is 15.1 Å². The Kier molecular flexibility index (Phi) is 6.15. The number of nitrogens with zero attached hydrogens (tertiary/aromatic N) is 2. The molecule has 0 spiro atoms. The van der Waals surface area contributed by atoms with E-state index >= 15 is 0 Å². The summed E-state index contributed by atoms with van der Waals surface area (Å²) in [5.41, 5.74) is 1.28. The highest BCUT2D eigenvalue weighted by Gasteiger charge is 2.30. The van der Waals surface area contributed by atoms with Gasteiger partial charge < -0.3 is 25.0 Å². The monoisotopic (exact) mass is 347 g/mol. The summed E-state index contributed by atoms with van der Waals surface area (Å²) in [6.45, 7) is 6.45. The first-order valence-electron chi connectivity index (χ1n) is 9.32. The molecular weight excluding hydrogens is 318 g/mol. The van der Waals surface area contributed by atoms with Crippen molar-refractivity contribution in [2.75, 3.05) is 39.3 Å². The van der Waals surface area contributed by atoms with Crippen molar-refractivity contribution in [3.8, 4) is 5.75 Å². The first-order chi connectivity index (χ1) is 12.2. The van der Waals surface area contributed by atoms with Crippen LogP contribution in [0.1, 0.15) is 25.3 Å². The predicted molar refractivity (Wildman–Crippen MR) is 96.9 cm³/mol. The number of hydrogen-bond acceptors (Lipinski definition) is 4. The maximum Gasteiger partial charge on any atom is 0.317 e. The van der Waals surface area contributed by atoms with Crippen molar-refractivity contribution in [3.05, 3.63) is 29.8 Å². The van der Waals surface area contributed by atoms with Crippen LogP contribution in [0.3, 0.4) is 0 Å². The van der Waals surface area contributed by atoms with Crippen molar-refractivity contribution in [1.29, 1.82) is 0 Å². The molecule has 0 aromatic heterocycles. The summed E-state index contributed by atoms with van der Waals surface area (Å²) < 4.78 is 5.69. The Morgan fingerprint density at radius 2 is 1.96 bits per heavy atom. The summed E-state index contributed by atoms with van der Waals surface area (Å²) in [6, 6.07) is 8.43. The van der Waals surface area contributed by atoms with E-state index in [4.69, 9.17) is 4.74 Å². The molecule has 0 aliphatic carbocycles. The van der Waals surface area contributed by atoms with Gasteiger partial charge in [-0.25, -0.2) is 4.79 Å². The normalized spacial score (nSPS) is 20.6. The largest absolute Gasteiger partial charge is 0.491 e. The third-order valence-corrected chi connectivity index (χ3v) is 5.13. The minimum absolute atomic E-state index is 0.0703. The summed E-state index contributed by atoms with van der Waals surface area (Å²) in [7, 11) is 0. The molecule has 2 aliphatic heterocycles. The zero-order valence-corrected chi connectivity index (χ0v) is 15.0. The van der Waals surface area contributed by atoms with Crippen LogP contribution in [-0.4, -0.2) is 72.4 Å². The average molecular weight is 347 g/mol. The van der Waals surface area contributed by atoms with Crippen LogP contribution >= 0.6 is 0 Å². The van der Waals surface area contributed by atoms with Gasteiger partial charge in [-0.05, 0) is 37.0 Å². The number of aliphatic hydroxyl groups is 1. The number of β-amino-alcohol motifs (C(OH)–C–C–N with tert-alkyl or cyclic N) is 1. The maximum atomic E-state index is 11.7.